The van der Waals surface area contributed by atoms with Crippen LogP contribution in [0.3, 0.4) is 0 Å². The highest BCUT2D eigenvalue weighted by Gasteiger charge is 2.18. The molecule has 3 aromatic rings. The maximum absolute atomic E-state index is 12.2. The molecule has 0 aliphatic rings. The number of carbonyl (C=O) groups is 2. The Labute approximate surface area is 138 Å². The number of benzene rings is 2. The van der Waals surface area contributed by atoms with E-state index in [1.807, 2.05) is 30.3 Å². The fourth-order valence-electron chi connectivity index (χ4n) is 2.23. The van der Waals surface area contributed by atoms with E-state index in [4.69, 9.17) is 9.15 Å². The Bertz CT molecular complexity index is 868. The average Bonchev–Trinajstić information content (AvgIpc) is 3.10. The van der Waals surface area contributed by atoms with Crippen LogP contribution in [0.5, 0.6) is 0 Å². The van der Waals surface area contributed by atoms with Gasteiger partial charge in [-0.15, -0.1) is 0 Å². The standard InChI is InChI=1S/C19H15NO4/c1-13(21)12-23-19(22)16-10-6-5-9-15(16)18-20-11-17(24-18)14-7-3-2-4-8-14/h2-11H,12H2,1H3. The third-order valence-electron chi connectivity index (χ3n) is 3.35. The zero-order chi connectivity index (χ0) is 16.9. The maximum atomic E-state index is 12.2. The number of nitrogens with zero attached hydrogens (tertiary/aromatic N) is 1. The van der Waals surface area contributed by atoms with Crippen LogP contribution in [0.15, 0.2) is 65.2 Å². The van der Waals surface area contributed by atoms with Crippen molar-refractivity contribution in [2.75, 3.05) is 6.61 Å². The Kier molecular flexibility index (Phi) is 4.52. The van der Waals surface area contributed by atoms with E-state index in [-0.39, 0.29) is 12.4 Å². The smallest absolute Gasteiger partial charge is 0.339 e. The SMILES string of the molecule is CC(=O)COC(=O)c1ccccc1-c1ncc(-c2ccccc2)o1. The Balaban J connectivity index is 1.92. The molecule has 0 unspecified atom stereocenters. The first-order chi connectivity index (χ1) is 11.6. The van der Waals surface area contributed by atoms with Crippen molar-refractivity contribution in [3.8, 4) is 22.8 Å². The second-order valence-electron chi connectivity index (χ2n) is 5.22. The molecule has 5 heteroatoms. The second kappa shape index (κ2) is 6.91. The van der Waals surface area contributed by atoms with Crippen LogP contribution in [0.1, 0.15) is 17.3 Å². The predicted octanol–water partition coefficient (Wildman–Crippen LogP) is 3.75. The number of esters is 1. The van der Waals surface area contributed by atoms with Gasteiger partial charge in [-0.2, -0.15) is 0 Å². The van der Waals surface area contributed by atoms with Gasteiger partial charge in [-0.05, 0) is 19.1 Å². The summed E-state index contributed by atoms with van der Waals surface area (Å²) in [5, 5.41) is 0. The van der Waals surface area contributed by atoms with E-state index in [0.717, 1.165) is 5.56 Å². The number of aromatic nitrogens is 1. The lowest BCUT2D eigenvalue weighted by Gasteiger charge is -2.06. The van der Waals surface area contributed by atoms with Crippen LogP contribution < -0.4 is 0 Å². The summed E-state index contributed by atoms with van der Waals surface area (Å²) in [6.45, 7) is 1.10. The largest absolute Gasteiger partial charge is 0.454 e. The van der Waals surface area contributed by atoms with Gasteiger partial charge in [-0.3, -0.25) is 4.79 Å². The monoisotopic (exact) mass is 321 g/mol. The first kappa shape index (κ1) is 15.7. The summed E-state index contributed by atoms with van der Waals surface area (Å²) in [6, 6.07) is 16.4. The van der Waals surface area contributed by atoms with Crippen molar-refractivity contribution < 1.29 is 18.7 Å². The third kappa shape index (κ3) is 3.41. The van der Waals surface area contributed by atoms with Crippen LogP contribution in [0.25, 0.3) is 22.8 Å². The van der Waals surface area contributed by atoms with E-state index in [1.54, 1.807) is 30.5 Å². The molecule has 2 aromatic carbocycles. The molecule has 0 N–H and O–H groups in total. The van der Waals surface area contributed by atoms with Gasteiger partial charge in [0.25, 0.3) is 0 Å². The van der Waals surface area contributed by atoms with Crippen LogP contribution in [0.2, 0.25) is 0 Å². The number of carbonyl (C=O) groups excluding carboxylic acids is 2. The Morgan fingerprint density at radius 3 is 2.50 bits per heavy atom. The zero-order valence-corrected chi connectivity index (χ0v) is 13.1. The quantitative estimate of drug-likeness (QED) is 0.669. The molecule has 1 heterocycles. The van der Waals surface area contributed by atoms with Crippen molar-refractivity contribution in [1.82, 2.24) is 4.98 Å². The Hall–Kier alpha value is -3.21. The van der Waals surface area contributed by atoms with Crippen molar-refractivity contribution in [3.05, 3.63) is 66.4 Å². The number of rotatable bonds is 5. The fraction of sp³-hybridized carbons (Fsp3) is 0.105. The van der Waals surface area contributed by atoms with Crippen molar-refractivity contribution in [2.24, 2.45) is 0 Å². The second-order valence-corrected chi connectivity index (χ2v) is 5.22. The van der Waals surface area contributed by atoms with E-state index in [2.05, 4.69) is 4.98 Å². The van der Waals surface area contributed by atoms with E-state index in [0.29, 0.717) is 22.8 Å². The minimum Gasteiger partial charge on any atom is -0.454 e. The molecule has 0 amide bonds. The van der Waals surface area contributed by atoms with Gasteiger partial charge in [0.1, 0.15) is 6.61 Å². The lowest BCUT2D eigenvalue weighted by molar-refractivity contribution is -0.120. The van der Waals surface area contributed by atoms with Gasteiger partial charge in [0, 0.05) is 5.56 Å². The van der Waals surface area contributed by atoms with Gasteiger partial charge in [0.05, 0.1) is 17.3 Å². The summed E-state index contributed by atoms with van der Waals surface area (Å²) in [6.07, 6.45) is 1.61. The van der Waals surface area contributed by atoms with Gasteiger partial charge >= 0.3 is 5.97 Å². The highest BCUT2D eigenvalue weighted by atomic mass is 16.5. The molecule has 0 saturated carbocycles. The Morgan fingerprint density at radius 2 is 1.75 bits per heavy atom. The first-order valence-electron chi connectivity index (χ1n) is 7.42. The molecular formula is C19H15NO4. The number of hydrogen-bond donors (Lipinski definition) is 0. The molecule has 0 saturated heterocycles. The van der Waals surface area contributed by atoms with E-state index in [9.17, 15) is 9.59 Å². The van der Waals surface area contributed by atoms with Crippen LogP contribution in [0, 0.1) is 0 Å². The number of Topliss-reactive ketones (excluding diaryl/α,β-unsaturated/α-hetero) is 1. The summed E-state index contributed by atoms with van der Waals surface area (Å²) >= 11 is 0. The van der Waals surface area contributed by atoms with Gasteiger partial charge in [-0.25, -0.2) is 9.78 Å². The summed E-state index contributed by atoms with van der Waals surface area (Å²) in [5.74, 6) is 0.130. The number of hydrogen-bond acceptors (Lipinski definition) is 5. The number of ether oxygens (including phenoxy) is 1. The van der Waals surface area contributed by atoms with E-state index >= 15 is 0 Å². The van der Waals surface area contributed by atoms with Crippen molar-refractivity contribution in [2.45, 2.75) is 6.92 Å². The number of oxazole rings is 1. The van der Waals surface area contributed by atoms with Crippen molar-refractivity contribution in [3.63, 3.8) is 0 Å². The molecule has 5 nitrogen and oxygen atoms in total. The average molecular weight is 321 g/mol. The molecular weight excluding hydrogens is 306 g/mol. The molecule has 1 aromatic heterocycles. The molecule has 0 atom stereocenters. The maximum Gasteiger partial charge on any atom is 0.339 e. The van der Waals surface area contributed by atoms with Crippen LogP contribution in [-0.2, 0) is 9.53 Å². The fourth-order valence-corrected chi connectivity index (χ4v) is 2.23. The van der Waals surface area contributed by atoms with Crippen molar-refractivity contribution >= 4 is 11.8 Å². The molecule has 0 fully saturated rings. The lowest BCUT2D eigenvalue weighted by Crippen LogP contribution is -2.12. The summed E-state index contributed by atoms with van der Waals surface area (Å²) in [4.78, 5) is 27.4. The summed E-state index contributed by atoms with van der Waals surface area (Å²) in [7, 11) is 0. The van der Waals surface area contributed by atoms with Crippen LogP contribution in [-0.4, -0.2) is 23.3 Å². The Morgan fingerprint density at radius 1 is 1.04 bits per heavy atom. The summed E-state index contributed by atoms with van der Waals surface area (Å²) < 4.78 is 10.8. The highest BCUT2D eigenvalue weighted by molar-refractivity contribution is 5.97. The predicted molar refractivity (Wildman–Crippen MR) is 88.3 cm³/mol. The molecule has 3 rings (SSSR count). The highest BCUT2D eigenvalue weighted by Crippen LogP contribution is 2.28. The minimum atomic E-state index is -0.583. The van der Waals surface area contributed by atoms with Gasteiger partial charge in [0.15, 0.2) is 11.5 Å². The lowest BCUT2D eigenvalue weighted by atomic mass is 10.1. The van der Waals surface area contributed by atoms with Crippen LogP contribution in [0.4, 0.5) is 0 Å². The van der Waals surface area contributed by atoms with E-state index < -0.39 is 5.97 Å². The number of ketones is 1. The first-order valence-corrected chi connectivity index (χ1v) is 7.42. The third-order valence-corrected chi connectivity index (χ3v) is 3.35. The molecule has 120 valence electrons. The molecule has 0 aliphatic heterocycles. The molecule has 0 radical (unpaired) electrons. The van der Waals surface area contributed by atoms with Gasteiger partial charge in [-0.1, -0.05) is 42.5 Å². The van der Waals surface area contributed by atoms with Crippen LogP contribution >= 0.6 is 0 Å². The molecule has 0 spiro atoms. The molecule has 0 aliphatic carbocycles. The zero-order valence-electron chi connectivity index (χ0n) is 13.1. The van der Waals surface area contributed by atoms with Gasteiger partial charge < -0.3 is 9.15 Å². The van der Waals surface area contributed by atoms with Gasteiger partial charge in [0.2, 0.25) is 5.89 Å². The van der Waals surface area contributed by atoms with Crippen molar-refractivity contribution in [1.29, 1.82) is 0 Å². The van der Waals surface area contributed by atoms with E-state index in [1.165, 1.54) is 6.92 Å². The molecule has 24 heavy (non-hydrogen) atoms. The summed E-state index contributed by atoms with van der Waals surface area (Å²) in [5.41, 5.74) is 1.72. The normalized spacial score (nSPS) is 10.4. The minimum absolute atomic E-state index is 0.219. The molecule has 0 bridgehead atoms. The topological polar surface area (TPSA) is 69.4 Å².